The zero-order valence-corrected chi connectivity index (χ0v) is 18.0. The van der Waals surface area contributed by atoms with Gasteiger partial charge < -0.3 is 14.5 Å². The minimum Gasteiger partial charge on any atom is -0.493 e. The number of benzene rings is 2. The number of aromatic amines is 1. The largest absolute Gasteiger partial charge is 0.493 e. The Morgan fingerprint density at radius 3 is 2.67 bits per heavy atom. The molecule has 5 rings (SSSR count). The predicted octanol–water partition coefficient (Wildman–Crippen LogP) is 4.21. The fourth-order valence-electron chi connectivity index (χ4n) is 5.19. The summed E-state index contributed by atoms with van der Waals surface area (Å²) >= 11 is 0. The maximum atomic E-state index is 5.54. The molecule has 1 N–H and O–H groups in total. The molecule has 2 aromatic carbocycles. The van der Waals surface area contributed by atoms with Crippen LogP contribution in [0.2, 0.25) is 0 Å². The lowest BCUT2D eigenvalue weighted by Crippen LogP contribution is -2.49. The number of hydrogen-bond donors (Lipinski definition) is 1. The van der Waals surface area contributed by atoms with Crippen molar-refractivity contribution in [1.29, 1.82) is 0 Å². The van der Waals surface area contributed by atoms with Crippen molar-refractivity contribution < 1.29 is 9.47 Å². The van der Waals surface area contributed by atoms with Gasteiger partial charge in [0.1, 0.15) is 0 Å². The Hall–Kier alpha value is -2.50. The van der Waals surface area contributed by atoms with Crippen molar-refractivity contribution in [2.45, 2.75) is 38.4 Å². The fourth-order valence-corrected chi connectivity index (χ4v) is 5.19. The summed E-state index contributed by atoms with van der Waals surface area (Å²) < 4.78 is 11.0. The molecule has 5 nitrogen and oxygen atoms in total. The molecule has 158 valence electrons. The predicted molar refractivity (Wildman–Crippen MR) is 120 cm³/mol. The van der Waals surface area contributed by atoms with E-state index in [9.17, 15) is 0 Å². The molecule has 0 saturated carbocycles. The molecular formula is C25H31N3O2. The number of ether oxygens (including phenoxy) is 2. The molecule has 1 unspecified atom stereocenters. The number of H-pyrrole nitrogens is 1. The average Bonchev–Trinajstić information content (AvgIpc) is 3.20. The molecule has 0 spiro atoms. The molecule has 0 amide bonds. The Kier molecular flexibility index (Phi) is 5.40. The minimum absolute atomic E-state index is 0.616. The molecule has 1 fully saturated rings. The van der Waals surface area contributed by atoms with E-state index in [1.165, 1.54) is 47.0 Å². The lowest BCUT2D eigenvalue weighted by Gasteiger charge is -2.41. The van der Waals surface area contributed by atoms with Crippen molar-refractivity contribution in [2.24, 2.45) is 0 Å². The summed E-state index contributed by atoms with van der Waals surface area (Å²) in [6, 6.07) is 13.6. The molecule has 1 saturated heterocycles. The number of fused-ring (bicyclic) bond motifs is 2. The summed E-state index contributed by atoms with van der Waals surface area (Å²) in [6.07, 6.45) is 5.81. The normalized spacial score (nSPS) is 20.3. The van der Waals surface area contributed by atoms with Gasteiger partial charge in [-0.05, 0) is 60.7 Å². The van der Waals surface area contributed by atoms with E-state index in [1.54, 1.807) is 14.2 Å². The summed E-state index contributed by atoms with van der Waals surface area (Å²) in [5.74, 6) is 1.68. The van der Waals surface area contributed by atoms with Gasteiger partial charge in [0.2, 0.25) is 0 Å². The van der Waals surface area contributed by atoms with Crippen LogP contribution >= 0.6 is 0 Å². The molecule has 3 heterocycles. The monoisotopic (exact) mass is 405 g/mol. The molecule has 1 atom stereocenters. The Balaban J connectivity index is 1.28. The van der Waals surface area contributed by atoms with E-state index in [-0.39, 0.29) is 0 Å². The van der Waals surface area contributed by atoms with E-state index in [0.717, 1.165) is 44.1 Å². The number of aromatic nitrogens is 1. The smallest absolute Gasteiger partial charge is 0.161 e. The van der Waals surface area contributed by atoms with Gasteiger partial charge in [-0.15, -0.1) is 0 Å². The molecule has 5 heteroatoms. The summed E-state index contributed by atoms with van der Waals surface area (Å²) in [7, 11) is 3.43. The van der Waals surface area contributed by atoms with Crippen molar-refractivity contribution in [3.63, 3.8) is 0 Å². The van der Waals surface area contributed by atoms with Crippen LogP contribution in [0.4, 0.5) is 0 Å². The molecule has 0 radical (unpaired) electrons. The molecule has 30 heavy (non-hydrogen) atoms. The van der Waals surface area contributed by atoms with Crippen LogP contribution in [0.3, 0.4) is 0 Å². The standard InChI is InChI=1S/C25H31N3O2/c1-29-24-12-18-9-11-28(16-19(18)13-25(24)30-2)21-6-5-10-27(17-21)15-20-14-26-23-8-4-3-7-22(20)23/h3-4,7-8,12-14,21,26H,5-6,9-11,15-17H2,1-2H3. The molecule has 1 aromatic heterocycles. The summed E-state index contributed by atoms with van der Waals surface area (Å²) in [5, 5.41) is 1.35. The Bertz CT molecular complexity index is 1030. The van der Waals surface area contributed by atoms with Crippen LogP contribution in [0, 0.1) is 0 Å². The first-order valence-corrected chi connectivity index (χ1v) is 11.0. The number of nitrogens with one attached hydrogen (secondary N) is 1. The van der Waals surface area contributed by atoms with Crippen LogP contribution in [0.1, 0.15) is 29.5 Å². The van der Waals surface area contributed by atoms with E-state index >= 15 is 0 Å². The van der Waals surface area contributed by atoms with Crippen LogP contribution in [0.25, 0.3) is 10.9 Å². The highest BCUT2D eigenvalue weighted by molar-refractivity contribution is 5.82. The highest BCUT2D eigenvalue weighted by Crippen LogP contribution is 2.34. The number of para-hydroxylation sites is 1. The van der Waals surface area contributed by atoms with E-state index in [1.807, 2.05) is 0 Å². The van der Waals surface area contributed by atoms with Crippen molar-refractivity contribution in [3.8, 4) is 11.5 Å². The van der Waals surface area contributed by atoms with E-state index in [0.29, 0.717) is 6.04 Å². The van der Waals surface area contributed by atoms with Crippen molar-refractivity contribution >= 4 is 10.9 Å². The Morgan fingerprint density at radius 2 is 1.83 bits per heavy atom. The third-order valence-electron chi connectivity index (χ3n) is 6.81. The van der Waals surface area contributed by atoms with E-state index < -0.39 is 0 Å². The summed E-state index contributed by atoms with van der Waals surface area (Å²) in [5.41, 5.74) is 5.42. The number of methoxy groups -OCH3 is 2. The Morgan fingerprint density at radius 1 is 1.03 bits per heavy atom. The second-order valence-corrected chi connectivity index (χ2v) is 8.59. The number of rotatable bonds is 5. The SMILES string of the molecule is COc1cc2c(cc1OC)CN(C1CCCN(Cc3c[nH]c4ccccc34)C1)CC2. The van der Waals surface area contributed by atoms with Gasteiger partial charge in [-0.25, -0.2) is 0 Å². The van der Waals surface area contributed by atoms with Crippen LogP contribution in [0.5, 0.6) is 11.5 Å². The van der Waals surface area contributed by atoms with Gasteiger partial charge >= 0.3 is 0 Å². The zero-order chi connectivity index (χ0) is 20.5. The van der Waals surface area contributed by atoms with Gasteiger partial charge in [0.05, 0.1) is 14.2 Å². The summed E-state index contributed by atoms with van der Waals surface area (Å²) in [6.45, 7) is 5.47. The quantitative estimate of drug-likeness (QED) is 0.690. The third-order valence-corrected chi connectivity index (χ3v) is 6.81. The second-order valence-electron chi connectivity index (χ2n) is 8.59. The first-order chi connectivity index (χ1) is 14.7. The first kappa shape index (κ1) is 19.5. The first-order valence-electron chi connectivity index (χ1n) is 11.0. The van der Waals surface area contributed by atoms with E-state index in [2.05, 4.69) is 57.4 Å². The molecular weight excluding hydrogens is 374 g/mol. The lowest BCUT2D eigenvalue weighted by atomic mass is 9.95. The maximum absolute atomic E-state index is 5.54. The topological polar surface area (TPSA) is 40.7 Å². The highest BCUT2D eigenvalue weighted by Gasteiger charge is 2.29. The van der Waals surface area contributed by atoms with Crippen molar-refractivity contribution in [1.82, 2.24) is 14.8 Å². The molecule has 2 aliphatic heterocycles. The van der Waals surface area contributed by atoms with Gasteiger partial charge in [-0.2, -0.15) is 0 Å². The molecule has 0 aliphatic carbocycles. The van der Waals surface area contributed by atoms with Gasteiger partial charge in [0.15, 0.2) is 11.5 Å². The highest BCUT2D eigenvalue weighted by atomic mass is 16.5. The number of nitrogens with zero attached hydrogens (tertiary/aromatic N) is 2. The van der Waals surface area contributed by atoms with Gasteiger partial charge in [0.25, 0.3) is 0 Å². The minimum atomic E-state index is 0.616. The molecule has 0 bridgehead atoms. The van der Waals surface area contributed by atoms with E-state index in [4.69, 9.17) is 9.47 Å². The molecule has 2 aliphatic rings. The average molecular weight is 406 g/mol. The Labute approximate surface area is 178 Å². The van der Waals surface area contributed by atoms with Crippen LogP contribution < -0.4 is 9.47 Å². The fraction of sp³-hybridized carbons (Fsp3) is 0.440. The molecule has 3 aromatic rings. The lowest BCUT2D eigenvalue weighted by molar-refractivity contribution is 0.0839. The number of likely N-dealkylation sites (tertiary alicyclic amines) is 1. The number of hydrogen-bond acceptors (Lipinski definition) is 4. The van der Waals surface area contributed by atoms with Crippen LogP contribution in [0.15, 0.2) is 42.6 Å². The van der Waals surface area contributed by atoms with Gasteiger partial charge in [0, 0.05) is 49.3 Å². The summed E-state index contributed by atoms with van der Waals surface area (Å²) in [4.78, 5) is 8.73. The van der Waals surface area contributed by atoms with Crippen LogP contribution in [-0.2, 0) is 19.5 Å². The van der Waals surface area contributed by atoms with Gasteiger partial charge in [-0.3, -0.25) is 9.80 Å². The maximum Gasteiger partial charge on any atom is 0.161 e. The van der Waals surface area contributed by atoms with Crippen molar-refractivity contribution in [3.05, 3.63) is 59.3 Å². The zero-order valence-electron chi connectivity index (χ0n) is 18.0. The van der Waals surface area contributed by atoms with Crippen LogP contribution in [-0.4, -0.2) is 54.7 Å². The van der Waals surface area contributed by atoms with Crippen molar-refractivity contribution in [2.75, 3.05) is 33.9 Å². The third kappa shape index (κ3) is 3.68. The number of piperidine rings is 1. The van der Waals surface area contributed by atoms with Gasteiger partial charge in [-0.1, -0.05) is 18.2 Å². The second kappa shape index (κ2) is 8.32.